The number of hydrogen-bond donors (Lipinski definition) is 1. The van der Waals surface area contributed by atoms with Crippen molar-refractivity contribution >= 4 is 28.8 Å². The van der Waals surface area contributed by atoms with Gasteiger partial charge in [0.05, 0.1) is 16.1 Å². The molecule has 4 nitrogen and oxygen atoms in total. The smallest absolute Gasteiger partial charge is 0.257 e. The quantitative estimate of drug-likeness (QED) is 0.917. The second-order valence-electron chi connectivity index (χ2n) is 5.05. The summed E-state index contributed by atoms with van der Waals surface area (Å²) in [5, 5.41) is 6.91. The van der Waals surface area contributed by atoms with Crippen molar-refractivity contribution in [1.29, 1.82) is 0 Å². The molecule has 1 aliphatic rings. The second kappa shape index (κ2) is 5.22. The normalized spacial score (nSPS) is 17.9. The molecular weight excluding hydrogens is 296 g/mol. The lowest BCUT2D eigenvalue weighted by Gasteiger charge is -2.23. The zero-order valence-corrected chi connectivity index (χ0v) is 12.9. The van der Waals surface area contributed by atoms with Gasteiger partial charge in [-0.3, -0.25) is 4.79 Å². The predicted molar refractivity (Wildman–Crippen MR) is 78.5 cm³/mol. The maximum absolute atomic E-state index is 12.4. The number of amides is 1. The molecule has 0 aromatic carbocycles. The molecule has 0 fully saturated rings. The first-order chi connectivity index (χ1) is 9.56. The van der Waals surface area contributed by atoms with Crippen molar-refractivity contribution in [3.05, 3.63) is 37.9 Å². The SMILES string of the molecule is Cc1noc(C)c1C(=O)NC1CCCc2sc(Cl)cc21. The van der Waals surface area contributed by atoms with Gasteiger partial charge in [0.25, 0.3) is 5.91 Å². The Bertz CT molecular complexity index is 643. The van der Waals surface area contributed by atoms with Crippen LogP contribution in [0.2, 0.25) is 4.34 Å². The number of aromatic nitrogens is 1. The van der Waals surface area contributed by atoms with Crippen LogP contribution >= 0.6 is 22.9 Å². The van der Waals surface area contributed by atoms with Crippen molar-refractivity contribution in [2.45, 2.75) is 39.2 Å². The van der Waals surface area contributed by atoms with Gasteiger partial charge in [0.2, 0.25) is 0 Å². The Morgan fingerprint density at radius 3 is 3.05 bits per heavy atom. The number of nitrogens with zero attached hydrogens (tertiary/aromatic N) is 1. The summed E-state index contributed by atoms with van der Waals surface area (Å²) in [4.78, 5) is 13.7. The molecule has 2 heterocycles. The summed E-state index contributed by atoms with van der Waals surface area (Å²) in [6.07, 6.45) is 3.05. The largest absolute Gasteiger partial charge is 0.361 e. The van der Waals surface area contributed by atoms with Gasteiger partial charge < -0.3 is 9.84 Å². The topological polar surface area (TPSA) is 55.1 Å². The van der Waals surface area contributed by atoms with E-state index < -0.39 is 0 Å². The summed E-state index contributed by atoms with van der Waals surface area (Å²) in [7, 11) is 0. The molecule has 1 N–H and O–H groups in total. The molecule has 2 aromatic heterocycles. The van der Waals surface area contributed by atoms with Gasteiger partial charge in [-0.15, -0.1) is 11.3 Å². The highest BCUT2D eigenvalue weighted by atomic mass is 35.5. The van der Waals surface area contributed by atoms with E-state index >= 15 is 0 Å². The number of thiophene rings is 1. The van der Waals surface area contributed by atoms with Crippen molar-refractivity contribution in [1.82, 2.24) is 10.5 Å². The summed E-state index contributed by atoms with van der Waals surface area (Å²) in [6.45, 7) is 3.53. The number of carbonyl (C=O) groups excluding carboxylic acids is 1. The van der Waals surface area contributed by atoms with Gasteiger partial charge in [0.1, 0.15) is 11.3 Å². The molecule has 1 atom stereocenters. The van der Waals surface area contributed by atoms with Crippen molar-refractivity contribution in [2.75, 3.05) is 0 Å². The average Bonchev–Trinajstić information content (AvgIpc) is 2.92. The van der Waals surface area contributed by atoms with Gasteiger partial charge in [0, 0.05) is 4.88 Å². The highest BCUT2D eigenvalue weighted by Crippen LogP contribution is 2.38. The molecule has 2 aromatic rings. The Labute approximate surface area is 126 Å². The standard InChI is InChI=1S/C14H15ClN2O2S/c1-7-13(8(2)19-17-7)14(18)16-10-4-3-5-11-9(10)6-12(15)20-11/h6,10H,3-5H2,1-2H3,(H,16,18). The molecule has 3 rings (SSSR count). The fourth-order valence-electron chi connectivity index (χ4n) is 2.71. The first-order valence-electron chi connectivity index (χ1n) is 6.58. The third-order valence-corrected chi connectivity index (χ3v) is 4.99. The Hall–Kier alpha value is -1.33. The van der Waals surface area contributed by atoms with E-state index in [4.69, 9.17) is 16.1 Å². The van der Waals surface area contributed by atoms with Crippen LogP contribution in [0.1, 0.15) is 51.1 Å². The van der Waals surface area contributed by atoms with Crippen LogP contribution in [0.25, 0.3) is 0 Å². The maximum atomic E-state index is 12.4. The van der Waals surface area contributed by atoms with Gasteiger partial charge in [-0.1, -0.05) is 16.8 Å². The van der Waals surface area contributed by atoms with Crippen LogP contribution in [0.4, 0.5) is 0 Å². The molecule has 6 heteroatoms. The van der Waals surface area contributed by atoms with Crippen molar-refractivity contribution in [3.8, 4) is 0 Å². The van der Waals surface area contributed by atoms with E-state index in [1.54, 1.807) is 25.2 Å². The molecule has 106 valence electrons. The van der Waals surface area contributed by atoms with Crippen LogP contribution in [0.15, 0.2) is 10.6 Å². The van der Waals surface area contributed by atoms with Crippen molar-refractivity contribution < 1.29 is 9.32 Å². The minimum Gasteiger partial charge on any atom is -0.361 e. The molecule has 0 saturated carbocycles. The highest BCUT2D eigenvalue weighted by molar-refractivity contribution is 7.16. The summed E-state index contributed by atoms with van der Waals surface area (Å²) in [5.74, 6) is 0.431. The lowest BCUT2D eigenvalue weighted by Crippen LogP contribution is -2.31. The summed E-state index contributed by atoms with van der Waals surface area (Å²) in [6, 6.07) is 2.00. The van der Waals surface area contributed by atoms with Crippen LogP contribution in [0.3, 0.4) is 0 Å². The lowest BCUT2D eigenvalue weighted by molar-refractivity contribution is 0.0931. The van der Waals surface area contributed by atoms with E-state index in [1.165, 1.54) is 4.88 Å². The number of carbonyl (C=O) groups is 1. The number of fused-ring (bicyclic) bond motifs is 1. The van der Waals surface area contributed by atoms with Gasteiger partial charge in [-0.2, -0.15) is 0 Å². The van der Waals surface area contributed by atoms with Crippen molar-refractivity contribution in [2.24, 2.45) is 0 Å². The number of aryl methyl sites for hydroxylation is 3. The Morgan fingerprint density at radius 2 is 2.35 bits per heavy atom. The average molecular weight is 311 g/mol. The first-order valence-corrected chi connectivity index (χ1v) is 7.77. The van der Waals surface area contributed by atoms with E-state index in [0.717, 1.165) is 29.2 Å². The van der Waals surface area contributed by atoms with Crippen molar-refractivity contribution in [3.63, 3.8) is 0 Å². The molecule has 1 amide bonds. The molecule has 0 radical (unpaired) electrons. The predicted octanol–water partition coefficient (Wildman–Crippen LogP) is 3.81. The molecule has 20 heavy (non-hydrogen) atoms. The van der Waals surface area contributed by atoms with Gasteiger partial charge in [-0.25, -0.2) is 0 Å². The van der Waals surface area contributed by atoms with Crippen LogP contribution in [-0.4, -0.2) is 11.1 Å². The first kappa shape index (κ1) is 13.6. The minimum absolute atomic E-state index is 0.0312. The van der Waals surface area contributed by atoms with Gasteiger partial charge >= 0.3 is 0 Å². The summed E-state index contributed by atoms with van der Waals surface area (Å²) < 4.78 is 5.83. The Balaban J connectivity index is 1.84. The third-order valence-electron chi connectivity index (χ3n) is 3.65. The van der Waals surface area contributed by atoms with E-state index in [2.05, 4.69) is 10.5 Å². The summed E-state index contributed by atoms with van der Waals surface area (Å²) in [5.41, 5.74) is 2.32. The van der Waals surface area contributed by atoms with Gasteiger partial charge in [-0.05, 0) is 44.7 Å². The Kier molecular flexibility index (Phi) is 3.56. The molecule has 0 bridgehead atoms. The fraction of sp³-hybridized carbons (Fsp3) is 0.429. The van der Waals surface area contributed by atoms with E-state index in [-0.39, 0.29) is 11.9 Å². The number of rotatable bonds is 2. The van der Waals surface area contributed by atoms with Crippen LogP contribution < -0.4 is 5.32 Å². The molecule has 1 aliphatic carbocycles. The highest BCUT2D eigenvalue weighted by Gasteiger charge is 2.26. The summed E-state index contributed by atoms with van der Waals surface area (Å²) >= 11 is 7.69. The lowest BCUT2D eigenvalue weighted by atomic mass is 9.93. The molecule has 0 spiro atoms. The van der Waals surface area contributed by atoms with Crippen LogP contribution in [0, 0.1) is 13.8 Å². The van der Waals surface area contributed by atoms with E-state index in [0.29, 0.717) is 17.0 Å². The van der Waals surface area contributed by atoms with E-state index in [9.17, 15) is 4.79 Å². The molecule has 1 unspecified atom stereocenters. The van der Waals surface area contributed by atoms with Crippen LogP contribution in [0.5, 0.6) is 0 Å². The monoisotopic (exact) mass is 310 g/mol. The second-order valence-corrected chi connectivity index (χ2v) is 6.81. The molecular formula is C14H15ClN2O2S. The number of nitrogens with one attached hydrogen (secondary N) is 1. The minimum atomic E-state index is -0.124. The van der Waals surface area contributed by atoms with E-state index in [1.807, 2.05) is 6.07 Å². The number of halogens is 1. The van der Waals surface area contributed by atoms with Gasteiger partial charge in [0.15, 0.2) is 0 Å². The van der Waals surface area contributed by atoms with Crippen LogP contribution in [-0.2, 0) is 6.42 Å². The molecule has 0 saturated heterocycles. The fourth-order valence-corrected chi connectivity index (χ4v) is 4.09. The molecule has 0 aliphatic heterocycles. The zero-order chi connectivity index (χ0) is 14.3. The number of hydrogen-bond acceptors (Lipinski definition) is 4. The Morgan fingerprint density at radius 1 is 1.55 bits per heavy atom. The maximum Gasteiger partial charge on any atom is 0.257 e. The third kappa shape index (κ3) is 2.36. The zero-order valence-electron chi connectivity index (χ0n) is 11.3.